The number of methoxy groups -OCH3 is 2. The summed E-state index contributed by atoms with van der Waals surface area (Å²) < 4.78 is 12.5. The van der Waals surface area contributed by atoms with Gasteiger partial charge in [-0.05, 0) is 35.6 Å². The number of nitrogens with zero attached hydrogens (tertiary/aromatic N) is 3. The predicted molar refractivity (Wildman–Crippen MR) is 96.9 cm³/mol. The molecule has 3 heterocycles. The van der Waals surface area contributed by atoms with Gasteiger partial charge in [0.2, 0.25) is 5.78 Å². The first kappa shape index (κ1) is 16.4. The lowest BCUT2D eigenvalue weighted by Gasteiger charge is -2.20. The van der Waals surface area contributed by atoms with Crippen molar-refractivity contribution in [2.24, 2.45) is 0 Å². The highest BCUT2D eigenvalue weighted by atomic mass is 32.1. The van der Waals surface area contributed by atoms with Gasteiger partial charge in [-0.2, -0.15) is 10.4 Å². The summed E-state index contributed by atoms with van der Waals surface area (Å²) in [7, 11) is 3.16. The van der Waals surface area contributed by atoms with Gasteiger partial charge < -0.3 is 9.47 Å². The van der Waals surface area contributed by atoms with E-state index in [-0.39, 0.29) is 11.5 Å². The van der Waals surface area contributed by atoms with Crippen LogP contribution in [0.4, 0.5) is 0 Å². The van der Waals surface area contributed by atoms with Crippen LogP contribution in [0.15, 0.2) is 29.6 Å². The van der Waals surface area contributed by atoms with Crippen LogP contribution in [0.2, 0.25) is 0 Å². The molecule has 0 fully saturated rings. The predicted octanol–water partition coefficient (Wildman–Crippen LogP) is 3.29. The number of hydrogen-bond acceptors (Lipinski definition) is 6. The molecule has 0 atom stereocenters. The molecular formula is C19H15N3O3S. The lowest BCUT2D eigenvalue weighted by Crippen LogP contribution is -2.13. The number of fused-ring (bicyclic) bond motifs is 3. The number of hydrogen-bond donors (Lipinski definition) is 0. The molecule has 2 aromatic heterocycles. The number of benzene rings is 1. The zero-order valence-electron chi connectivity index (χ0n) is 14.3. The van der Waals surface area contributed by atoms with Crippen molar-refractivity contribution in [1.82, 2.24) is 9.78 Å². The van der Waals surface area contributed by atoms with Gasteiger partial charge >= 0.3 is 0 Å². The molecule has 3 aromatic rings. The molecule has 1 aliphatic rings. The maximum absolute atomic E-state index is 12.8. The molecule has 7 heteroatoms. The van der Waals surface area contributed by atoms with Gasteiger partial charge in [-0.25, -0.2) is 0 Å². The van der Waals surface area contributed by atoms with Crippen LogP contribution in [0.5, 0.6) is 11.5 Å². The molecule has 130 valence electrons. The van der Waals surface area contributed by atoms with Crippen LogP contribution in [0.1, 0.15) is 26.5 Å². The van der Waals surface area contributed by atoms with Gasteiger partial charge in [-0.1, -0.05) is 6.07 Å². The van der Waals surface area contributed by atoms with E-state index in [4.69, 9.17) is 9.47 Å². The summed E-state index contributed by atoms with van der Waals surface area (Å²) >= 11 is 1.34. The monoisotopic (exact) mass is 365 g/mol. The van der Waals surface area contributed by atoms with Crippen LogP contribution in [-0.2, 0) is 13.0 Å². The zero-order chi connectivity index (χ0) is 18.3. The second kappa shape index (κ2) is 6.32. The first-order chi connectivity index (χ1) is 12.7. The highest BCUT2D eigenvalue weighted by Crippen LogP contribution is 2.40. The molecule has 6 nitrogen and oxygen atoms in total. The quantitative estimate of drug-likeness (QED) is 0.663. The number of ether oxygens (including phenoxy) is 2. The molecule has 4 rings (SSSR count). The van der Waals surface area contributed by atoms with Crippen LogP contribution in [0.3, 0.4) is 0 Å². The van der Waals surface area contributed by atoms with Crippen LogP contribution >= 0.6 is 11.3 Å². The van der Waals surface area contributed by atoms with Crippen molar-refractivity contribution < 1.29 is 14.3 Å². The van der Waals surface area contributed by atoms with E-state index in [0.717, 1.165) is 17.5 Å². The summed E-state index contributed by atoms with van der Waals surface area (Å²) in [4.78, 5) is 13.4. The molecule has 0 radical (unpaired) electrons. The largest absolute Gasteiger partial charge is 0.493 e. The SMILES string of the molecule is COc1cc2c(cc1OC)-c1c(C#N)c(C(=O)c3cccs3)nn1CC2. The minimum Gasteiger partial charge on any atom is -0.493 e. The standard InChI is InChI=1S/C19H15N3O3S/c1-24-14-8-11-5-6-22-18(12(11)9-15(14)25-2)13(10-20)17(21-22)19(23)16-4-3-7-26-16/h3-4,7-9H,5-6H2,1-2H3. The van der Waals surface area contributed by atoms with E-state index in [1.807, 2.05) is 23.6 Å². The van der Waals surface area contributed by atoms with Crippen molar-refractivity contribution in [3.63, 3.8) is 0 Å². The second-order valence-electron chi connectivity index (χ2n) is 5.83. The number of carbonyl (C=O) groups is 1. The molecule has 0 spiro atoms. The third-order valence-corrected chi connectivity index (χ3v) is 5.35. The fraction of sp³-hybridized carbons (Fsp3) is 0.211. The molecular weight excluding hydrogens is 350 g/mol. The summed E-state index contributed by atoms with van der Waals surface area (Å²) in [6, 6.07) is 9.51. The minimum atomic E-state index is -0.222. The molecule has 1 aromatic carbocycles. The first-order valence-electron chi connectivity index (χ1n) is 8.02. The Morgan fingerprint density at radius 1 is 1.31 bits per heavy atom. The Morgan fingerprint density at radius 2 is 2.08 bits per heavy atom. The van der Waals surface area contributed by atoms with Gasteiger partial charge in [0.25, 0.3) is 0 Å². The zero-order valence-corrected chi connectivity index (χ0v) is 15.1. The lowest BCUT2D eigenvalue weighted by atomic mass is 9.94. The molecule has 0 amide bonds. The summed E-state index contributed by atoms with van der Waals surface area (Å²) in [5.74, 6) is 1.00. The van der Waals surface area contributed by atoms with Gasteiger partial charge in [-0.3, -0.25) is 9.48 Å². The molecule has 0 unspecified atom stereocenters. The summed E-state index contributed by atoms with van der Waals surface area (Å²) in [5, 5.41) is 16.0. The topological polar surface area (TPSA) is 77.1 Å². The van der Waals surface area contributed by atoms with Crippen molar-refractivity contribution in [2.45, 2.75) is 13.0 Å². The van der Waals surface area contributed by atoms with E-state index in [1.54, 1.807) is 25.0 Å². The highest BCUT2D eigenvalue weighted by molar-refractivity contribution is 7.12. The van der Waals surface area contributed by atoms with Crippen molar-refractivity contribution in [3.8, 4) is 28.8 Å². The molecule has 26 heavy (non-hydrogen) atoms. The molecule has 0 saturated carbocycles. The van der Waals surface area contributed by atoms with E-state index in [1.165, 1.54) is 11.3 Å². The maximum Gasteiger partial charge on any atom is 0.224 e. The van der Waals surface area contributed by atoms with Crippen molar-refractivity contribution in [2.75, 3.05) is 14.2 Å². The lowest BCUT2D eigenvalue weighted by molar-refractivity contribution is 0.103. The van der Waals surface area contributed by atoms with Crippen molar-refractivity contribution in [3.05, 3.63) is 51.3 Å². The number of aryl methyl sites for hydroxylation is 2. The van der Waals surface area contributed by atoms with Crippen LogP contribution in [0, 0.1) is 11.3 Å². The summed E-state index contributed by atoms with van der Waals surface area (Å²) in [6.45, 7) is 0.601. The molecule has 0 bridgehead atoms. The van der Waals surface area contributed by atoms with Crippen molar-refractivity contribution >= 4 is 17.1 Å². The average Bonchev–Trinajstić information content (AvgIpc) is 3.33. The van der Waals surface area contributed by atoms with E-state index < -0.39 is 0 Å². The Balaban J connectivity index is 1.92. The molecule has 0 saturated heterocycles. The van der Waals surface area contributed by atoms with Gasteiger partial charge in [0.05, 0.1) is 24.8 Å². The Morgan fingerprint density at radius 3 is 2.73 bits per heavy atom. The second-order valence-corrected chi connectivity index (χ2v) is 6.78. The first-order valence-corrected chi connectivity index (χ1v) is 8.90. The third-order valence-electron chi connectivity index (χ3n) is 4.48. The molecule has 1 aliphatic heterocycles. The fourth-order valence-corrected chi connectivity index (χ4v) is 3.93. The van der Waals surface area contributed by atoms with Gasteiger partial charge in [-0.15, -0.1) is 11.3 Å². The average molecular weight is 365 g/mol. The highest BCUT2D eigenvalue weighted by Gasteiger charge is 2.29. The number of carbonyl (C=O) groups excluding carboxylic acids is 1. The summed E-state index contributed by atoms with van der Waals surface area (Å²) in [5.41, 5.74) is 3.06. The Bertz CT molecular complexity index is 1050. The smallest absolute Gasteiger partial charge is 0.224 e. The number of ketones is 1. The molecule has 0 aliphatic carbocycles. The Kier molecular flexibility index (Phi) is 3.98. The number of nitriles is 1. The number of thiophene rings is 1. The van der Waals surface area contributed by atoms with Crippen LogP contribution < -0.4 is 9.47 Å². The number of rotatable bonds is 4. The Labute approximate surface area is 154 Å². The van der Waals surface area contributed by atoms with Gasteiger partial charge in [0.15, 0.2) is 17.2 Å². The fourth-order valence-electron chi connectivity index (χ4n) is 3.26. The van der Waals surface area contributed by atoms with Gasteiger partial charge in [0, 0.05) is 12.1 Å². The van der Waals surface area contributed by atoms with E-state index in [0.29, 0.717) is 34.2 Å². The van der Waals surface area contributed by atoms with E-state index >= 15 is 0 Å². The number of aromatic nitrogens is 2. The van der Waals surface area contributed by atoms with Crippen molar-refractivity contribution in [1.29, 1.82) is 5.26 Å². The summed E-state index contributed by atoms with van der Waals surface area (Å²) in [6.07, 6.45) is 0.738. The Hall–Kier alpha value is -3.11. The molecule has 0 N–H and O–H groups in total. The third kappa shape index (κ3) is 2.38. The normalized spacial score (nSPS) is 12.0. The minimum absolute atomic E-state index is 0.201. The maximum atomic E-state index is 12.8. The van der Waals surface area contributed by atoms with Crippen LogP contribution in [0.25, 0.3) is 11.3 Å². The van der Waals surface area contributed by atoms with E-state index in [2.05, 4.69) is 11.2 Å². The van der Waals surface area contributed by atoms with Gasteiger partial charge in [0.1, 0.15) is 11.6 Å². The van der Waals surface area contributed by atoms with Crippen LogP contribution in [-0.4, -0.2) is 29.8 Å². The van der Waals surface area contributed by atoms with E-state index in [9.17, 15) is 10.1 Å².